The Kier molecular flexibility index (Phi) is 3.64. The third-order valence-corrected chi connectivity index (χ3v) is 4.91. The SMILES string of the molecule is CCC(=O)c1ccc2c(c1)OCc1cc(C(=O)CC)sc1-2. The molecule has 0 N–H and O–H groups in total. The van der Waals surface area contributed by atoms with Crippen molar-refractivity contribution in [3.05, 3.63) is 40.3 Å². The maximum Gasteiger partial charge on any atom is 0.172 e. The van der Waals surface area contributed by atoms with Crippen LogP contribution in [0.1, 0.15) is 52.3 Å². The van der Waals surface area contributed by atoms with Crippen molar-refractivity contribution in [3.63, 3.8) is 0 Å². The first-order chi connectivity index (χ1) is 10.1. The average Bonchev–Trinajstić information content (AvgIpc) is 2.97. The number of hydrogen-bond donors (Lipinski definition) is 0. The van der Waals surface area contributed by atoms with E-state index in [1.54, 1.807) is 0 Å². The minimum atomic E-state index is 0.111. The lowest BCUT2D eigenvalue weighted by molar-refractivity contribution is 0.0981. The minimum absolute atomic E-state index is 0.111. The van der Waals surface area contributed by atoms with Crippen LogP contribution in [0.25, 0.3) is 10.4 Å². The van der Waals surface area contributed by atoms with Crippen molar-refractivity contribution in [2.75, 3.05) is 0 Å². The molecule has 0 amide bonds. The van der Waals surface area contributed by atoms with Crippen molar-refractivity contribution in [3.8, 4) is 16.2 Å². The van der Waals surface area contributed by atoms with Crippen LogP contribution >= 0.6 is 11.3 Å². The molecule has 1 aromatic carbocycles. The summed E-state index contributed by atoms with van der Waals surface area (Å²) in [5.74, 6) is 1.01. The summed E-state index contributed by atoms with van der Waals surface area (Å²) in [6, 6.07) is 7.50. The second kappa shape index (κ2) is 5.45. The molecule has 3 rings (SSSR count). The summed E-state index contributed by atoms with van der Waals surface area (Å²) < 4.78 is 5.76. The molecule has 3 nitrogen and oxygen atoms in total. The number of hydrogen-bond acceptors (Lipinski definition) is 4. The quantitative estimate of drug-likeness (QED) is 0.781. The van der Waals surface area contributed by atoms with Gasteiger partial charge in [0.1, 0.15) is 12.4 Å². The Balaban J connectivity index is 2.05. The minimum Gasteiger partial charge on any atom is -0.488 e. The zero-order valence-electron chi connectivity index (χ0n) is 12.1. The number of carbonyl (C=O) groups is 2. The highest BCUT2D eigenvalue weighted by atomic mass is 32.1. The Morgan fingerprint density at radius 3 is 2.62 bits per heavy atom. The number of Topliss-reactive ketones (excluding diaryl/α,β-unsaturated/α-hetero) is 2. The molecule has 2 heterocycles. The Bertz CT molecular complexity index is 728. The molecule has 0 saturated heterocycles. The van der Waals surface area contributed by atoms with Gasteiger partial charge >= 0.3 is 0 Å². The van der Waals surface area contributed by atoms with Gasteiger partial charge in [-0.25, -0.2) is 0 Å². The van der Waals surface area contributed by atoms with Gasteiger partial charge in [-0.2, -0.15) is 0 Å². The molecule has 0 radical (unpaired) electrons. The monoisotopic (exact) mass is 300 g/mol. The lowest BCUT2D eigenvalue weighted by Crippen LogP contribution is -2.05. The van der Waals surface area contributed by atoms with Crippen LogP contribution in [-0.2, 0) is 6.61 Å². The molecular formula is C17H16O3S. The summed E-state index contributed by atoms with van der Waals surface area (Å²) >= 11 is 1.52. The molecule has 0 spiro atoms. The van der Waals surface area contributed by atoms with E-state index in [0.717, 1.165) is 26.6 Å². The van der Waals surface area contributed by atoms with Crippen molar-refractivity contribution >= 4 is 22.9 Å². The zero-order chi connectivity index (χ0) is 15.0. The van der Waals surface area contributed by atoms with Crippen LogP contribution in [-0.4, -0.2) is 11.6 Å². The van der Waals surface area contributed by atoms with Gasteiger partial charge in [0, 0.05) is 34.4 Å². The summed E-state index contributed by atoms with van der Waals surface area (Å²) in [5.41, 5.74) is 2.71. The summed E-state index contributed by atoms with van der Waals surface area (Å²) in [6.45, 7) is 4.18. The van der Waals surface area contributed by atoms with E-state index in [-0.39, 0.29) is 11.6 Å². The van der Waals surface area contributed by atoms with Gasteiger partial charge in [0.05, 0.1) is 4.88 Å². The molecule has 1 aliphatic rings. The number of benzene rings is 1. The molecule has 1 aliphatic heterocycles. The predicted molar refractivity (Wildman–Crippen MR) is 83.3 cm³/mol. The lowest BCUT2D eigenvalue weighted by Gasteiger charge is -2.18. The highest BCUT2D eigenvalue weighted by Crippen LogP contribution is 2.43. The fourth-order valence-corrected chi connectivity index (χ4v) is 3.64. The van der Waals surface area contributed by atoms with Crippen molar-refractivity contribution in [2.24, 2.45) is 0 Å². The summed E-state index contributed by atoms with van der Waals surface area (Å²) in [7, 11) is 0. The third kappa shape index (κ3) is 2.40. The molecule has 0 saturated carbocycles. The lowest BCUT2D eigenvalue weighted by atomic mass is 10.0. The largest absolute Gasteiger partial charge is 0.488 e. The number of ketones is 2. The van der Waals surface area contributed by atoms with Gasteiger partial charge in [0.2, 0.25) is 0 Å². The Labute approximate surface area is 127 Å². The van der Waals surface area contributed by atoms with Crippen LogP contribution in [0.4, 0.5) is 0 Å². The van der Waals surface area contributed by atoms with Gasteiger partial charge in [0.15, 0.2) is 11.6 Å². The average molecular weight is 300 g/mol. The fourth-order valence-electron chi connectivity index (χ4n) is 2.44. The summed E-state index contributed by atoms with van der Waals surface area (Å²) in [6.07, 6.45) is 0.995. The molecule has 0 fully saturated rings. The number of fused-ring (bicyclic) bond motifs is 3. The predicted octanol–water partition coefficient (Wildman–Crippen LogP) is 4.49. The summed E-state index contributed by atoms with van der Waals surface area (Å²) in [4.78, 5) is 25.5. The van der Waals surface area contributed by atoms with Gasteiger partial charge < -0.3 is 4.74 Å². The van der Waals surface area contributed by atoms with Crippen LogP contribution in [0.15, 0.2) is 24.3 Å². The smallest absolute Gasteiger partial charge is 0.172 e. The number of carbonyl (C=O) groups excluding carboxylic acids is 2. The van der Waals surface area contributed by atoms with Gasteiger partial charge in [0.25, 0.3) is 0 Å². The van der Waals surface area contributed by atoms with E-state index in [4.69, 9.17) is 4.74 Å². The van der Waals surface area contributed by atoms with Crippen LogP contribution in [0, 0.1) is 0 Å². The molecule has 108 valence electrons. The third-order valence-electron chi connectivity index (χ3n) is 3.66. The standard InChI is InChI=1S/C17H16O3S/c1-3-13(18)10-5-6-12-15(7-10)20-9-11-8-16(14(19)4-2)21-17(11)12/h5-8H,3-4,9H2,1-2H3. The van der Waals surface area contributed by atoms with E-state index in [1.807, 2.05) is 38.1 Å². The molecule has 0 atom stereocenters. The first-order valence-corrected chi connectivity index (χ1v) is 7.92. The van der Waals surface area contributed by atoms with E-state index in [9.17, 15) is 9.59 Å². The summed E-state index contributed by atoms with van der Waals surface area (Å²) in [5, 5.41) is 0. The molecule has 1 aromatic heterocycles. The highest BCUT2D eigenvalue weighted by molar-refractivity contribution is 7.17. The van der Waals surface area contributed by atoms with Gasteiger partial charge in [-0.15, -0.1) is 11.3 Å². The number of rotatable bonds is 4. The van der Waals surface area contributed by atoms with E-state index in [2.05, 4.69) is 0 Å². The van der Waals surface area contributed by atoms with Gasteiger partial charge in [-0.3, -0.25) is 9.59 Å². The molecular weight excluding hydrogens is 284 g/mol. The topological polar surface area (TPSA) is 43.4 Å². The number of ether oxygens (including phenoxy) is 1. The van der Waals surface area contributed by atoms with Gasteiger partial charge in [-0.05, 0) is 18.2 Å². The van der Waals surface area contributed by atoms with Crippen LogP contribution < -0.4 is 4.74 Å². The Morgan fingerprint density at radius 2 is 1.90 bits per heavy atom. The number of thiophene rings is 1. The second-order valence-corrected chi connectivity index (χ2v) is 6.07. The van der Waals surface area contributed by atoms with Crippen molar-refractivity contribution < 1.29 is 14.3 Å². The van der Waals surface area contributed by atoms with E-state index in [0.29, 0.717) is 25.0 Å². The van der Waals surface area contributed by atoms with Crippen molar-refractivity contribution in [1.82, 2.24) is 0 Å². The Morgan fingerprint density at radius 1 is 1.14 bits per heavy atom. The van der Waals surface area contributed by atoms with Crippen molar-refractivity contribution in [1.29, 1.82) is 0 Å². The molecule has 21 heavy (non-hydrogen) atoms. The van der Waals surface area contributed by atoms with E-state index >= 15 is 0 Å². The maximum atomic E-state index is 11.9. The Hall–Kier alpha value is -1.94. The molecule has 4 heteroatoms. The van der Waals surface area contributed by atoms with Crippen LogP contribution in [0.5, 0.6) is 5.75 Å². The first-order valence-electron chi connectivity index (χ1n) is 7.10. The molecule has 0 aliphatic carbocycles. The first kappa shape index (κ1) is 14.0. The molecule has 2 aromatic rings. The van der Waals surface area contributed by atoms with Gasteiger partial charge in [-0.1, -0.05) is 19.9 Å². The van der Waals surface area contributed by atoms with E-state index < -0.39 is 0 Å². The fraction of sp³-hybridized carbons (Fsp3) is 0.294. The van der Waals surface area contributed by atoms with E-state index in [1.165, 1.54) is 11.3 Å². The second-order valence-electron chi connectivity index (χ2n) is 5.02. The maximum absolute atomic E-state index is 11.9. The molecule has 0 bridgehead atoms. The highest BCUT2D eigenvalue weighted by Gasteiger charge is 2.23. The van der Waals surface area contributed by atoms with Crippen molar-refractivity contribution in [2.45, 2.75) is 33.3 Å². The molecule has 0 unspecified atom stereocenters. The normalized spacial score (nSPS) is 12.3. The van der Waals surface area contributed by atoms with Crippen LogP contribution in [0.3, 0.4) is 0 Å². The van der Waals surface area contributed by atoms with Crippen LogP contribution in [0.2, 0.25) is 0 Å². The zero-order valence-corrected chi connectivity index (χ0v) is 12.9.